The van der Waals surface area contributed by atoms with E-state index in [0.717, 1.165) is 25.0 Å². The van der Waals surface area contributed by atoms with Crippen molar-refractivity contribution < 1.29 is 12.8 Å². The van der Waals surface area contributed by atoms with Crippen LogP contribution < -0.4 is 10.5 Å². The van der Waals surface area contributed by atoms with Crippen molar-refractivity contribution >= 4 is 21.5 Å². The maximum atomic E-state index is 13.0. The number of benzene rings is 1. The molecule has 98 valence electrons. The first-order valence-electron chi connectivity index (χ1n) is 5.52. The third-order valence-corrected chi connectivity index (χ3v) is 4.13. The molecule has 1 fully saturated rings. The minimum atomic E-state index is -3.46. The van der Waals surface area contributed by atoms with Crippen LogP contribution in [-0.4, -0.2) is 20.0 Å². The lowest BCUT2D eigenvalue weighted by Crippen LogP contribution is -2.21. The van der Waals surface area contributed by atoms with Crippen molar-refractivity contribution in [3.63, 3.8) is 0 Å². The van der Waals surface area contributed by atoms with Crippen LogP contribution in [0.15, 0.2) is 18.2 Å². The Hall–Kier alpha value is -1.63. The van der Waals surface area contributed by atoms with E-state index in [4.69, 9.17) is 11.1 Å². The van der Waals surface area contributed by atoms with E-state index in [1.807, 2.05) is 0 Å². The predicted octanol–water partition coefficient (Wildman–Crippen LogP) is 1.26. The van der Waals surface area contributed by atoms with Gasteiger partial charge in [-0.15, -0.1) is 0 Å². The van der Waals surface area contributed by atoms with Crippen LogP contribution in [-0.2, 0) is 10.0 Å². The summed E-state index contributed by atoms with van der Waals surface area (Å²) in [7, 11) is -3.46. The van der Waals surface area contributed by atoms with E-state index in [-0.39, 0.29) is 28.8 Å². The maximum Gasteiger partial charge on any atom is 0.233 e. The molecule has 0 unspecified atom stereocenters. The van der Waals surface area contributed by atoms with Crippen LogP contribution in [0.1, 0.15) is 18.4 Å². The Bertz CT molecular complexity index is 582. The summed E-state index contributed by atoms with van der Waals surface area (Å²) in [6, 6.07) is 3.44. The standard InChI is InChI=1S/C11H14FN3O2S/c12-8-3-4-10(9(5-8)11(13)14)15-18(16,17)6-7-1-2-7/h3-5,7,15H,1-2,6H2,(H3,13,14). The number of rotatable bonds is 5. The fourth-order valence-corrected chi connectivity index (χ4v) is 3.18. The normalized spacial score (nSPS) is 15.4. The van der Waals surface area contributed by atoms with Gasteiger partial charge in [0.05, 0.1) is 11.4 Å². The molecule has 1 aliphatic rings. The third kappa shape index (κ3) is 3.19. The molecular weight excluding hydrogens is 257 g/mol. The zero-order valence-corrected chi connectivity index (χ0v) is 10.4. The van der Waals surface area contributed by atoms with Gasteiger partial charge in [-0.25, -0.2) is 12.8 Å². The fourth-order valence-electron chi connectivity index (χ4n) is 1.63. The first-order valence-corrected chi connectivity index (χ1v) is 7.17. The maximum absolute atomic E-state index is 13.0. The van der Waals surface area contributed by atoms with E-state index in [1.165, 1.54) is 6.07 Å². The van der Waals surface area contributed by atoms with Crippen LogP contribution in [0.2, 0.25) is 0 Å². The molecule has 1 aliphatic carbocycles. The molecule has 18 heavy (non-hydrogen) atoms. The fraction of sp³-hybridized carbons (Fsp3) is 0.364. The van der Waals surface area contributed by atoms with Crippen LogP contribution in [0, 0.1) is 17.1 Å². The average molecular weight is 271 g/mol. The molecule has 0 aliphatic heterocycles. The lowest BCUT2D eigenvalue weighted by Gasteiger charge is -2.11. The third-order valence-electron chi connectivity index (χ3n) is 2.69. The molecule has 0 aromatic heterocycles. The number of nitrogens with two attached hydrogens (primary N) is 1. The van der Waals surface area contributed by atoms with E-state index < -0.39 is 15.8 Å². The highest BCUT2D eigenvalue weighted by molar-refractivity contribution is 7.92. The Kier molecular flexibility index (Phi) is 3.25. The molecule has 0 radical (unpaired) electrons. The van der Waals surface area contributed by atoms with Gasteiger partial charge in [0.15, 0.2) is 0 Å². The van der Waals surface area contributed by atoms with Gasteiger partial charge in [0.2, 0.25) is 10.0 Å². The van der Waals surface area contributed by atoms with Gasteiger partial charge in [-0.3, -0.25) is 10.1 Å². The molecule has 2 rings (SSSR count). The van der Waals surface area contributed by atoms with Gasteiger partial charge in [-0.1, -0.05) is 0 Å². The first-order chi connectivity index (χ1) is 8.37. The van der Waals surface area contributed by atoms with E-state index >= 15 is 0 Å². The molecule has 1 saturated carbocycles. The molecule has 5 nitrogen and oxygen atoms in total. The number of nitrogen functional groups attached to an aromatic ring is 1. The van der Waals surface area contributed by atoms with Crippen LogP contribution in [0.3, 0.4) is 0 Å². The van der Waals surface area contributed by atoms with E-state index in [0.29, 0.717) is 0 Å². The largest absolute Gasteiger partial charge is 0.384 e. The van der Waals surface area contributed by atoms with E-state index in [2.05, 4.69) is 4.72 Å². The van der Waals surface area contributed by atoms with E-state index in [9.17, 15) is 12.8 Å². The Balaban J connectivity index is 2.25. The minimum absolute atomic E-state index is 0.0503. The van der Waals surface area contributed by atoms with E-state index in [1.54, 1.807) is 0 Å². The Morgan fingerprint density at radius 3 is 2.72 bits per heavy atom. The van der Waals surface area contributed by atoms with Crippen molar-refractivity contribution in [1.29, 1.82) is 5.41 Å². The average Bonchev–Trinajstić information content (AvgIpc) is 3.03. The van der Waals surface area contributed by atoms with Crippen LogP contribution in [0.25, 0.3) is 0 Å². The molecular formula is C11H14FN3O2S. The highest BCUT2D eigenvalue weighted by Gasteiger charge is 2.28. The molecule has 0 bridgehead atoms. The number of halogens is 1. The number of hydrogen-bond acceptors (Lipinski definition) is 3. The number of amidine groups is 1. The van der Waals surface area contributed by atoms with Crippen LogP contribution in [0.5, 0.6) is 0 Å². The van der Waals surface area contributed by atoms with Gasteiger partial charge in [-0.2, -0.15) is 0 Å². The first kappa shape index (κ1) is 12.8. The summed E-state index contributed by atoms with van der Waals surface area (Å²) in [4.78, 5) is 0. The molecule has 0 heterocycles. The highest BCUT2D eigenvalue weighted by atomic mass is 32.2. The van der Waals surface area contributed by atoms with Gasteiger partial charge in [0, 0.05) is 5.56 Å². The number of sulfonamides is 1. The second-order valence-corrected chi connectivity index (χ2v) is 6.20. The lowest BCUT2D eigenvalue weighted by molar-refractivity contribution is 0.597. The number of nitrogens with one attached hydrogen (secondary N) is 2. The summed E-state index contributed by atoms with van der Waals surface area (Å²) in [5, 5.41) is 7.31. The summed E-state index contributed by atoms with van der Waals surface area (Å²) in [5.74, 6) is -0.672. The molecule has 0 amide bonds. The zero-order valence-electron chi connectivity index (χ0n) is 9.61. The highest BCUT2D eigenvalue weighted by Crippen LogP contribution is 2.31. The van der Waals surface area contributed by atoms with Gasteiger partial charge in [0.25, 0.3) is 0 Å². The Morgan fingerprint density at radius 2 is 2.17 bits per heavy atom. The molecule has 1 aromatic carbocycles. The number of hydrogen-bond donors (Lipinski definition) is 3. The second-order valence-electron chi connectivity index (χ2n) is 4.43. The van der Waals surface area contributed by atoms with Gasteiger partial charge < -0.3 is 5.73 Å². The smallest absolute Gasteiger partial charge is 0.233 e. The van der Waals surface area contributed by atoms with Crippen molar-refractivity contribution in [2.45, 2.75) is 12.8 Å². The molecule has 4 N–H and O–H groups in total. The number of anilines is 1. The van der Waals surface area contributed by atoms with Crippen molar-refractivity contribution in [3.8, 4) is 0 Å². The zero-order chi connectivity index (χ0) is 13.3. The summed E-state index contributed by atoms with van der Waals surface area (Å²) < 4.78 is 39.0. The second kappa shape index (κ2) is 4.56. The quantitative estimate of drug-likeness (QED) is 0.555. The minimum Gasteiger partial charge on any atom is -0.384 e. The molecule has 0 saturated heterocycles. The predicted molar refractivity (Wildman–Crippen MR) is 67.5 cm³/mol. The summed E-state index contributed by atoms with van der Waals surface area (Å²) in [6.45, 7) is 0. The van der Waals surface area contributed by atoms with Crippen molar-refractivity contribution in [2.24, 2.45) is 11.7 Å². The SMILES string of the molecule is N=C(N)c1cc(F)ccc1NS(=O)(=O)CC1CC1. The Morgan fingerprint density at radius 1 is 1.50 bits per heavy atom. The topological polar surface area (TPSA) is 96.0 Å². The van der Waals surface area contributed by atoms with Crippen molar-refractivity contribution in [3.05, 3.63) is 29.6 Å². The van der Waals surface area contributed by atoms with Gasteiger partial charge in [0.1, 0.15) is 11.7 Å². The molecule has 0 atom stereocenters. The molecule has 1 aromatic rings. The summed E-state index contributed by atoms with van der Waals surface area (Å²) in [5.41, 5.74) is 5.49. The van der Waals surface area contributed by atoms with Crippen LogP contribution >= 0.6 is 0 Å². The van der Waals surface area contributed by atoms with Crippen LogP contribution in [0.4, 0.5) is 10.1 Å². The molecule has 0 spiro atoms. The van der Waals surface area contributed by atoms with Gasteiger partial charge in [-0.05, 0) is 37.0 Å². The van der Waals surface area contributed by atoms with Crippen molar-refractivity contribution in [1.82, 2.24) is 0 Å². The lowest BCUT2D eigenvalue weighted by atomic mass is 10.1. The summed E-state index contributed by atoms with van der Waals surface area (Å²) in [6.07, 6.45) is 1.84. The van der Waals surface area contributed by atoms with Crippen molar-refractivity contribution in [2.75, 3.05) is 10.5 Å². The Labute approximate surface area is 105 Å². The summed E-state index contributed by atoms with van der Waals surface area (Å²) >= 11 is 0. The monoisotopic (exact) mass is 271 g/mol. The van der Waals surface area contributed by atoms with Gasteiger partial charge >= 0.3 is 0 Å². The molecule has 7 heteroatoms.